The second-order valence-electron chi connectivity index (χ2n) is 3.79. The monoisotopic (exact) mass is 237 g/mol. The molecule has 0 aromatic heterocycles. The third-order valence-electron chi connectivity index (χ3n) is 2.69. The fourth-order valence-corrected chi connectivity index (χ4v) is 3.25. The summed E-state index contributed by atoms with van der Waals surface area (Å²) in [5.41, 5.74) is 0. The van der Waals surface area contributed by atoms with E-state index >= 15 is 0 Å². The summed E-state index contributed by atoms with van der Waals surface area (Å²) in [6.45, 7) is 3.67. The van der Waals surface area contributed by atoms with Crippen molar-refractivity contribution in [2.75, 3.05) is 0 Å². The van der Waals surface area contributed by atoms with Gasteiger partial charge in [-0.15, -0.1) is 0 Å². The number of sulfone groups is 1. The first kappa shape index (κ1) is 12.7. The van der Waals surface area contributed by atoms with E-state index in [0.717, 1.165) is 0 Å². The number of hydrogen-bond acceptors (Lipinski definition) is 3. The molecule has 0 amide bonds. The summed E-state index contributed by atoms with van der Waals surface area (Å²) in [5, 5.41) is 8.04. The Hall–Kier alpha value is -1.34. The van der Waals surface area contributed by atoms with Crippen molar-refractivity contribution in [2.24, 2.45) is 5.92 Å². The molecule has 0 saturated carbocycles. The lowest BCUT2D eigenvalue weighted by atomic mass is 10.1. The molecule has 0 heterocycles. The molecule has 16 heavy (non-hydrogen) atoms. The fourth-order valence-electron chi connectivity index (χ4n) is 1.47. The Kier molecular flexibility index (Phi) is 4.08. The summed E-state index contributed by atoms with van der Waals surface area (Å²) in [6, 6.07) is 10.0. The van der Waals surface area contributed by atoms with Crippen LogP contribution in [0.5, 0.6) is 0 Å². The molecule has 4 heteroatoms. The molecule has 0 spiro atoms. The Morgan fingerprint density at radius 3 is 2.31 bits per heavy atom. The highest BCUT2D eigenvalue weighted by Gasteiger charge is 2.31. The van der Waals surface area contributed by atoms with Crippen molar-refractivity contribution >= 4 is 9.84 Å². The van der Waals surface area contributed by atoms with Crippen molar-refractivity contribution in [3.63, 3.8) is 0 Å². The first-order valence-electron chi connectivity index (χ1n) is 5.22. The van der Waals surface area contributed by atoms with E-state index < -0.39 is 15.1 Å². The van der Waals surface area contributed by atoms with E-state index in [2.05, 4.69) is 0 Å². The van der Waals surface area contributed by atoms with Crippen molar-refractivity contribution in [3.05, 3.63) is 30.3 Å². The van der Waals surface area contributed by atoms with Crippen LogP contribution in [0.15, 0.2) is 35.2 Å². The number of hydrogen-bond donors (Lipinski definition) is 0. The Morgan fingerprint density at radius 2 is 1.88 bits per heavy atom. The predicted molar refractivity (Wildman–Crippen MR) is 62.5 cm³/mol. The Bertz CT molecular complexity index is 473. The third-order valence-corrected chi connectivity index (χ3v) is 4.86. The van der Waals surface area contributed by atoms with Crippen LogP contribution in [0.25, 0.3) is 0 Å². The van der Waals surface area contributed by atoms with Gasteiger partial charge in [0.05, 0.1) is 11.0 Å². The molecule has 3 nitrogen and oxygen atoms in total. The number of rotatable bonds is 4. The average Bonchev–Trinajstić information content (AvgIpc) is 2.30. The molecular formula is C12H15NO2S. The Morgan fingerprint density at radius 1 is 1.31 bits per heavy atom. The molecule has 1 aromatic rings. The smallest absolute Gasteiger partial charge is 0.194 e. The molecule has 2 unspecified atom stereocenters. The molecule has 2 atom stereocenters. The molecule has 0 aliphatic rings. The summed E-state index contributed by atoms with van der Waals surface area (Å²) < 4.78 is 24.3. The zero-order valence-corrected chi connectivity index (χ0v) is 10.2. The van der Waals surface area contributed by atoms with Gasteiger partial charge in [-0.1, -0.05) is 38.5 Å². The quantitative estimate of drug-likeness (QED) is 0.808. The van der Waals surface area contributed by atoms with Crippen molar-refractivity contribution < 1.29 is 8.42 Å². The maximum atomic E-state index is 12.1. The summed E-state index contributed by atoms with van der Waals surface area (Å²) in [6.07, 6.45) is 0.671. The zero-order chi connectivity index (χ0) is 12.2. The van der Waals surface area contributed by atoms with Crippen molar-refractivity contribution in [1.29, 1.82) is 5.26 Å². The normalized spacial score (nSPS) is 15.1. The number of nitrogens with zero attached hydrogens (tertiary/aromatic N) is 1. The van der Waals surface area contributed by atoms with E-state index in [9.17, 15) is 8.42 Å². The van der Waals surface area contributed by atoms with E-state index in [0.29, 0.717) is 6.42 Å². The molecule has 0 aliphatic carbocycles. The van der Waals surface area contributed by atoms with Gasteiger partial charge in [0.25, 0.3) is 0 Å². The van der Waals surface area contributed by atoms with E-state index in [4.69, 9.17) is 5.26 Å². The Labute approximate surface area is 96.6 Å². The van der Waals surface area contributed by atoms with Crippen molar-refractivity contribution in [1.82, 2.24) is 0 Å². The maximum absolute atomic E-state index is 12.1. The van der Waals surface area contributed by atoms with Gasteiger partial charge in [0.2, 0.25) is 0 Å². The van der Waals surface area contributed by atoms with Gasteiger partial charge in [-0.05, 0) is 18.1 Å². The van der Waals surface area contributed by atoms with Crippen molar-refractivity contribution in [3.8, 4) is 6.07 Å². The molecule has 0 fully saturated rings. The highest BCUT2D eigenvalue weighted by molar-refractivity contribution is 7.92. The minimum absolute atomic E-state index is 0.157. The maximum Gasteiger partial charge on any atom is 0.194 e. The standard InChI is InChI=1S/C12H15NO2S/c1-3-10(2)12(9-13)16(14,15)11-7-5-4-6-8-11/h4-8,10,12H,3H2,1-2H3. The summed E-state index contributed by atoms with van der Waals surface area (Å²) in [4.78, 5) is 0.224. The molecule has 1 aromatic carbocycles. The summed E-state index contributed by atoms with van der Waals surface area (Å²) >= 11 is 0. The van der Waals surface area contributed by atoms with Crippen LogP contribution in [0, 0.1) is 17.2 Å². The number of nitriles is 1. The highest BCUT2D eigenvalue weighted by Crippen LogP contribution is 2.22. The lowest BCUT2D eigenvalue weighted by Crippen LogP contribution is -2.26. The van der Waals surface area contributed by atoms with E-state index in [-0.39, 0.29) is 10.8 Å². The topological polar surface area (TPSA) is 57.9 Å². The van der Waals surface area contributed by atoms with Crippen LogP contribution in [0.1, 0.15) is 20.3 Å². The van der Waals surface area contributed by atoms with Crippen molar-refractivity contribution in [2.45, 2.75) is 30.4 Å². The Balaban J connectivity index is 3.17. The van der Waals surface area contributed by atoms with E-state index in [1.54, 1.807) is 25.1 Å². The second-order valence-corrected chi connectivity index (χ2v) is 5.86. The van der Waals surface area contributed by atoms with Crippen LogP contribution >= 0.6 is 0 Å². The minimum Gasteiger partial charge on any atom is -0.222 e. The van der Waals surface area contributed by atoms with Crippen LogP contribution in [-0.2, 0) is 9.84 Å². The first-order valence-corrected chi connectivity index (χ1v) is 6.77. The molecule has 0 N–H and O–H groups in total. The minimum atomic E-state index is -3.52. The van der Waals surface area contributed by atoms with Gasteiger partial charge < -0.3 is 0 Å². The van der Waals surface area contributed by atoms with Gasteiger partial charge in [0.15, 0.2) is 15.1 Å². The molecule has 1 rings (SSSR count). The van der Waals surface area contributed by atoms with Crippen LogP contribution in [-0.4, -0.2) is 13.7 Å². The SMILES string of the molecule is CCC(C)C(C#N)S(=O)(=O)c1ccccc1. The van der Waals surface area contributed by atoms with Gasteiger partial charge in [-0.25, -0.2) is 8.42 Å². The molecule has 0 saturated heterocycles. The van der Waals surface area contributed by atoms with Crippen LogP contribution in [0.4, 0.5) is 0 Å². The van der Waals surface area contributed by atoms with Gasteiger partial charge in [0.1, 0.15) is 0 Å². The highest BCUT2D eigenvalue weighted by atomic mass is 32.2. The average molecular weight is 237 g/mol. The first-order chi connectivity index (χ1) is 7.54. The van der Waals surface area contributed by atoms with Crippen LogP contribution < -0.4 is 0 Å². The van der Waals surface area contributed by atoms with Gasteiger partial charge in [0, 0.05) is 0 Å². The van der Waals surface area contributed by atoms with E-state index in [1.807, 2.05) is 13.0 Å². The lowest BCUT2D eigenvalue weighted by Gasteiger charge is -2.16. The lowest BCUT2D eigenvalue weighted by molar-refractivity contribution is 0.533. The van der Waals surface area contributed by atoms with Gasteiger partial charge >= 0.3 is 0 Å². The third kappa shape index (κ3) is 2.42. The molecule has 0 bridgehead atoms. The van der Waals surface area contributed by atoms with Gasteiger partial charge in [-0.3, -0.25) is 0 Å². The zero-order valence-electron chi connectivity index (χ0n) is 9.42. The molecule has 86 valence electrons. The fraction of sp³-hybridized carbons (Fsp3) is 0.417. The van der Waals surface area contributed by atoms with E-state index in [1.165, 1.54) is 12.1 Å². The largest absolute Gasteiger partial charge is 0.222 e. The molecule has 0 aliphatic heterocycles. The molecular weight excluding hydrogens is 222 g/mol. The van der Waals surface area contributed by atoms with Crippen LogP contribution in [0.3, 0.4) is 0 Å². The number of benzene rings is 1. The summed E-state index contributed by atoms with van der Waals surface area (Å²) in [7, 11) is -3.52. The summed E-state index contributed by atoms with van der Waals surface area (Å²) in [5.74, 6) is -0.157. The predicted octanol–water partition coefficient (Wildman–Crippen LogP) is 2.40. The molecule has 0 radical (unpaired) electrons. The second kappa shape index (κ2) is 5.13. The van der Waals surface area contributed by atoms with Gasteiger partial charge in [-0.2, -0.15) is 5.26 Å². The van der Waals surface area contributed by atoms with Crippen LogP contribution in [0.2, 0.25) is 0 Å².